The molecule has 0 spiro atoms. The summed E-state index contributed by atoms with van der Waals surface area (Å²) >= 11 is 0. The second-order valence-corrected chi connectivity index (χ2v) is 4.76. The van der Waals surface area contributed by atoms with Crippen molar-refractivity contribution in [2.24, 2.45) is 5.92 Å². The SMILES string of the molecule is CN1CCC(C(=O)N(C)C2CC2)CC1. The number of hydrogen-bond donors (Lipinski definition) is 0. The van der Waals surface area contributed by atoms with Gasteiger partial charge >= 0.3 is 0 Å². The van der Waals surface area contributed by atoms with Gasteiger partial charge < -0.3 is 9.80 Å². The first kappa shape index (κ1) is 9.97. The van der Waals surface area contributed by atoms with E-state index in [1.54, 1.807) is 0 Å². The average Bonchev–Trinajstić information content (AvgIpc) is 3.00. The molecular weight excluding hydrogens is 176 g/mol. The third-order valence-corrected chi connectivity index (χ3v) is 3.51. The van der Waals surface area contributed by atoms with Gasteiger partial charge in [-0.05, 0) is 45.8 Å². The molecule has 1 aliphatic carbocycles. The number of rotatable bonds is 2. The summed E-state index contributed by atoms with van der Waals surface area (Å²) in [6, 6.07) is 0.571. The van der Waals surface area contributed by atoms with Gasteiger partial charge in [-0.2, -0.15) is 0 Å². The van der Waals surface area contributed by atoms with Crippen LogP contribution in [0.3, 0.4) is 0 Å². The van der Waals surface area contributed by atoms with Crippen molar-refractivity contribution in [1.82, 2.24) is 9.80 Å². The summed E-state index contributed by atoms with van der Waals surface area (Å²) in [7, 11) is 4.10. The van der Waals surface area contributed by atoms with Gasteiger partial charge in [0.05, 0.1) is 0 Å². The van der Waals surface area contributed by atoms with Gasteiger partial charge in [-0.25, -0.2) is 0 Å². The molecule has 0 aromatic heterocycles. The lowest BCUT2D eigenvalue weighted by molar-refractivity contribution is -0.136. The van der Waals surface area contributed by atoms with Gasteiger partial charge in [0.1, 0.15) is 0 Å². The van der Waals surface area contributed by atoms with Gasteiger partial charge in [-0.15, -0.1) is 0 Å². The van der Waals surface area contributed by atoms with Crippen molar-refractivity contribution in [1.29, 1.82) is 0 Å². The molecule has 1 aliphatic heterocycles. The molecule has 0 N–H and O–H groups in total. The van der Waals surface area contributed by atoms with Crippen molar-refractivity contribution in [2.45, 2.75) is 31.7 Å². The maximum Gasteiger partial charge on any atom is 0.225 e. The van der Waals surface area contributed by atoms with Crippen LogP contribution in [0.25, 0.3) is 0 Å². The molecule has 80 valence electrons. The van der Waals surface area contributed by atoms with E-state index in [0.29, 0.717) is 17.9 Å². The van der Waals surface area contributed by atoms with Gasteiger partial charge in [0.2, 0.25) is 5.91 Å². The molecule has 2 aliphatic rings. The monoisotopic (exact) mass is 196 g/mol. The second-order valence-electron chi connectivity index (χ2n) is 4.76. The topological polar surface area (TPSA) is 23.6 Å². The second kappa shape index (κ2) is 3.89. The Balaban J connectivity index is 1.84. The van der Waals surface area contributed by atoms with Crippen LogP contribution in [0.5, 0.6) is 0 Å². The molecule has 0 unspecified atom stereocenters. The fourth-order valence-electron chi connectivity index (χ4n) is 2.19. The summed E-state index contributed by atoms with van der Waals surface area (Å²) in [6.07, 6.45) is 4.53. The summed E-state index contributed by atoms with van der Waals surface area (Å²) in [6.45, 7) is 2.16. The molecule has 2 fully saturated rings. The van der Waals surface area contributed by atoms with Crippen molar-refractivity contribution >= 4 is 5.91 Å². The lowest BCUT2D eigenvalue weighted by atomic mass is 9.96. The number of piperidine rings is 1. The van der Waals surface area contributed by atoms with Crippen LogP contribution in [0, 0.1) is 5.92 Å². The predicted octanol–water partition coefficient (Wildman–Crippen LogP) is 0.949. The third kappa shape index (κ3) is 2.08. The normalized spacial score (nSPS) is 25.0. The first-order valence-corrected chi connectivity index (χ1v) is 5.63. The van der Waals surface area contributed by atoms with E-state index in [0.717, 1.165) is 25.9 Å². The number of amides is 1. The molecule has 1 saturated heterocycles. The highest BCUT2D eigenvalue weighted by Gasteiger charge is 2.33. The molecule has 0 bridgehead atoms. The molecule has 1 saturated carbocycles. The lowest BCUT2D eigenvalue weighted by Gasteiger charge is -2.30. The van der Waals surface area contributed by atoms with E-state index in [-0.39, 0.29) is 0 Å². The molecule has 0 aromatic rings. The first-order valence-electron chi connectivity index (χ1n) is 5.63. The van der Waals surface area contributed by atoms with E-state index in [1.165, 1.54) is 12.8 Å². The minimum Gasteiger partial charge on any atom is -0.343 e. The number of carbonyl (C=O) groups excluding carboxylic acids is 1. The summed E-state index contributed by atoms with van der Waals surface area (Å²) in [5, 5.41) is 0. The Morgan fingerprint density at radius 2 is 1.79 bits per heavy atom. The highest BCUT2D eigenvalue weighted by atomic mass is 16.2. The number of likely N-dealkylation sites (tertiary alicyclic amines) is 1. The van der Waals surface area contributed by atoms with Gasteiger partial charge in [-0.1, -0.05) is 0 Å². The van der Waals surface area contributed by atoms with E-state index in [1.807, 2.05) is 11.9 Å². The quantitative estimate of drug-likeness (QED) is 0.656. The molecule has 0 aromatic carbocycles. The van der Waals surface area contributed by atoms with Crippen LogP contribution in [0.4, 0.5) is 0 Å². The standard InChI is InChI=1S/C11H20N2O/c1-12-7-5-9(6-8-12)11(14)13(2)10-3-4-10/h9-10H,3-8H2,1-2H3. The minimum absolute atomic E-state index is 0.303. The fourth-order valence-corrected chi connectivity index (χ4v) is 2.19. The zero-order chi connectivity index (χ0) is 10.1. The number of carbonyl (C=O) groups is 1. The van der Waals surface area contributed by atoms with Crippen LogP contribution in [-0.4, -0.2) is 48.9 Å². The first-order chi connectivity index (χ1) is 6.68. The summed E-state index contributed by atoms with van der Waals surface area (Å²) in [4.78, 5) is 16.3. The Morgan fingerprint density at radius 1 is 1.21 bits per heavy atom. The highest BCUT2D eigenvalue weighted by molar-refractivity contribution is 5.79. The average molecular weight is 196 g/mol. The smallest absolute Gasteiger partial charge is 0.225 e. The van der Waals surface area contributed by atoms with E-state index in [4.69, 9.17) is 0 Å². The predicted molar refractivity (Wildman–Crippen MR) is 56.0 cm³/mol. The Hall–Kier alpha value is -0.570. The largest absolute Gasteiger partial charge is 0.343 e. The van der Waals surface area contributed by atoms with Gasteiger partial charge in [-0.3, -0.25) is 4.79 Å². The molecule has 3 nitrogen and oxygen atoms in total. The Bertz CT molecular complexity index is 217. The van der Waals surface area contributed by atoms with Crippen molar-refractivity contribution in [2.75, 3.05) is 27.2 Å². The molecule has 1 amide bonds. The van der Waals surface area contributed by atoms with Crippen molar-refractivity contribution in [3.8, 4) is 0 Å². The van der Waals surface area contributed by atoms with Crippen molar-refractivity contribution in [3.05, 3.63) is 0 Å². The van der Waals surface area contributed by atoms with Crippen molar-refractivity contribution < 1.29 is 4.79 Å². The maximum absolute atomic E-state index is 12.0. The van der Waals surface area contributed by atoms with Crippen LogP contribution in [0.1, 0.15) is 25.7 Å². The Morgan fingerprint density at radius 3 is 2.29 bits per heavy atom. The van der Waals surface area contributed by atoms with E-state index >= 15 is 0 Å². The molecule has 3 heteroatoms. The molecule has 0 atom stereocenters. The van der Waals surface area contributed by atoms with E-state index < -0.39 is 0 Å². The lowest BCUT2D eigenvalue weighted by Crippen LogP contribution is -2.40. The molecule has 0 radical (unpaired) electrons. The van der Waals surface area contributed by atoms with Crippen molar-refractivity contribution in [3.63, 3.8) is 0 Å². The molecule has 2 rings (SSSR count). The van der Waals surface area contributed by atoms with Crippen LogP contribution in [-0.2, 0) is 4.79 Å². The zero-order valence-corrected chi connectivity index (χ0v) is 9.20. The van der Waals surface area contributed by atoms with E-state index in [9.17, 15) is 4.79 Å². The highest BCUT2D eigenvalue weighted by Crippen LogP contribution is 2.28. The van der Waals surface area contributed by atoms with Gasteiger partial charge in [0.25, 0.3) is 0 Å². The fraction of sp³-hybridized carbons (Fsp3) is 0.909. The summed E-state index contributed by atoms with van der Waals surface area (Å²) in [5.74, 6) is 0.692. The third-order valence-electron chi connectivity index (χ3n) is 3.51. The van der Waals surface area contributed by atoms with Crippen LogP contribution in [0.15, 0.2) is 0 Å². The number of nitrogens with zero attached hydrogens (tertiary/aromatic N) is 2. The maximum atomic E-state index is 12.0. The molecule has 14 heavy (non-hydrogen) atoms. The number of hydrogen-bond acceptors (Lipinski definition) is 2. The van der Waals surface area contributed by atoms with Gasteiger partial charge in [0, 0.05) is 19.0 Å². The van der Waals surface area contributed by atoms with Gasteiger partial charge in [0.15, 0.2) is 0 Å². The minimum atomic E-state index is 0.303. The summed E-state index contributed by atoms with van der Waals surface area (Å²) in [5.41, 5.74) is 0. The molecule has 1 heterocycles. The van der Waals surface area contributed by atoms with E-state index in [2.05, 4.69) is 11.9 Å². The molecular formula is C11H20N2O. The van der Waals surface area contributed by atoms with Crippen LogP contribution >= 0.6 is 0 Å². The zero-order valence-electron chi connectivity index (χ0n) is 9.20. The van der Waals surface area contributed by atoms with Crippen LogP contribution in [0.2, 0.25) is 0 Å². The summed E-state index contributed by atoms with van der Waals surface area (Å²) < 4.78 is 0. The van der Waals surface area contributed by atoms with Crippen LogP contribution < -0.4 is 0 Å². The Labute approximate surface area is 86.1 Å². The Kier molecular flexibility index (Phi) is 2.77.